The van der Waals surface area contributed by atoms with Gasteiger partial charge in [-0.3, -0.25) is 52.7 Å². The highest BCUT2D eigenvalue weighted by molar-refractivity contribution is 6.09. The fourth-order valence-corrected chi connectivity index (χ4v) is 8.81. The third-order valence-electron chi connectivity index (χ3n) is 13.5. The Morgan fingerprint density at radius 2 is 0.571 bits per heavy atom. The molecule has 2 rings (SSSR count). The summed E-state index contributed by atoms with van der Waals surface area (Å²) in [4.78, 5) is 168. The van der Waals surface area contributed by atoms with E-state index in [0.29, 0.717) is 0 Å². The molecular weight excluding hydrogens is 1290 g/mol. The van der Waals surface area contributed by atoms with Crippen LogP contribution in [0.1, 0.15) is 110 Å². The van der Waals surface area contributed by atoms with Gasteiger partial charge in [0.25, 0.3) is 0 Å². The molecule has 0 heterocycles. The summed E-state index contributed by atoms with van der Waals surface area (Å²) in [5.41, 5.74) is 0.476. The Bertz CT molecular complexity index is 2510. The summed E-state index contributed by atoms with van der Waals surface area (Å²) in [5, 5.41) is 17.0. The predicted octanol–water partition coefficient (Wildman–Crippen LogP) is 1.46. The highest BCUT2D eigenvalue weighted by Gasteiger charge is 2.28. The van der Waals surface area contributed by atoms with Crippen molar-refractivity contribution < 1.29 is 119 Å². The lowest BCUT2D eigenvalue weighted by atomic mass is 10.0. The number of carbonyl (C=O) groups excluding carboxylic acids is 13. The van der Waals surface area contributed by atoms with E-state index >= 15 is 0 Å². The lowest BCUT2D eigenvalue weighted by Crippen LogP contribution is -2.47. The van der Waals surface area contributed by atoms with Crippen LogP contribution in [0.3, 0.4) is 0 Å². The summed E-state index contributed by atoms with van der Waals surface area (Å²) in [6, 6.07) is 7.31. The van der Waals surface area contributed by atoms with Crippen molar-refractivity contribution in [3.63, 3.8) is 0 Å². The van der Waals surface area contributed by atoms with Gasteiger partial charge in [0.1, 0.15) is 48.9 Å². The van der Waals surface area contributed by atoms with Gasteiger partial charge in [0, 0.05) is 76.6 Å². The summed E-state index contributed by atoms with van der Waals surface area (Å²) >= 11 is 0. The summed E-state index contributed by atoms with van der Waals surface area (Å²) in [7, 11) is 0. The monoisotopic (exact) mass is 1390 g/mol. The highest BCUT2D eigenvalue weighted by atomic mass is 16.6. The quantitative estimate of drug-likeness (QED) is 0.0236. The van der Waals surface area contributed by atoms with Crippen molar-refractivity contribution in [1.82, 2.24) is 41.7 Å². The van der Waals surface area contributed by atoms with Gasteiger partial charge < -0.3 is 98.5 Å². The lowest BCUT2D eigenvalue weighted by molar-refractivity contribution is -0.152. The van der Waals surface area contributed by atoms with E-state index in [9.17, 15) is 62.3 Å². The molecule has 98 heavy (non-hydrogen) atoms. The Morgan fingerprint density at radius 3 is 0.816 bits per heavy atom. The van der Waals surface area contributed by atoms with Gasteiger partial charge in [0.05, 0.1) is 104 Å². The number of hydrogen-bond acceptors (Lipinski definition) is 31. The normalized spacial score (nSPS) is 12.1. The third kappa shape index (κ3) is 37.6. The van der Waals surface area contributed by atoms with E-state index in [-0.39, 0.29) is 206 Å². The van der Waals surface area contributed by atoms with Crippen LogP contribution >= 0.6 is 0 Å². The molecule has 33 heteroatoms. The molecule has 548 valence electrons. The molecule has 33 nitrogen and oxygen atoms in total. The van der Waals surface area contributed by atoms with Crippen LogP contribution < -0.4 is 41.4 Å². The Balaban J connectivity index is 1.91. The molecular formula is C65H98N8O25. The molecule has 0 radical (unpaired) electrons. The second kappa shape index (κ2) is 51.3. The first-order valence-corrected chi connectivity index (χ1v) is 32.8. The Morgan fingerprint density at radius 1 is 0.316 bits per heavy atom. The molecule has 0 aliphatic heterocycles. The maximum atomic E-state index is 13.3. The molecule has 0 aromatic heterocycles. The van der Waals surface area contributed by atoms with Gasteiger partial charge in [-0.15, -0.1) is 0 Å². The first-order chi connectivity index (χ1) is 47.1. The summed E-state index contributed by atoms with van der Waals surface area (Å²) in [6.07, 6.45) is -3.09. The van der Waals surface area contributed by atoms with Crippen LogP contribution in [-0.4, -0.2) is 256 Å². The number of hydrogen-bond donors (Lipinski definition) is 6. The number of esters is 10. The van der Waals surface area contributed by atoms with Crippen molar-refractivity contribution in [2.24, 2.45) is 0 Å². The van der Waals surface area contributed by atoms with Crippen LogP contribution in [0.5, 0.6) is 11.5 Å². The zero-order valence-corrected chi connectivity index (χ0v) is 57.3. The highest BCUT2D eigenvalue weighted by Crippen LogP contribution is 2.19. The Hall–Kier alpha value is -8.89. The fraction of sp³-hybridized carbons (Fsp3) is 0.615. The predicted molar refractivity (Wildman–Crippen MR) is 347 cm³/mol. The third-order valence-corrected chi connectivity index (χ3v) is 13.5. The van der Waals surface area contributed by atoms with E-state index < -0.39 is 102 Å². The molecule has 4 unspecified atom stereocenters. The minimum Gasteiger partial charge on any atom is -0.466 e. The van der Waals surface area contributed by atoms with Crippen molar-refractivity contribution in [2.75, 3.05) is 145 Å². The maximum absolute atomic E-state index is 13.3. The minimum atomic E-state index is -1.01. The van der Waals surface area contributed by atoms with Gasteiger partial charge in [0.2, 0.25) is 0 Å². The molecule has 0 aliphatic rings. The fourth-order valence-electron chi connectivity index (χ4n) is 8.81. The Kier molecular flexibility index (Phi) is 44.6. The number of carbonyl (C=O) groups is 13. The molecule has 0 saturated carbocycles. The number of nitrogens with one attached hydrogen (secondary N) is 6. The zero-order valence-electron chi connectivity index (χ0n) is 57.3. The van der Waals surface area contributed by atoms with E-state index in [2.05, 4.69) is 31.9 Å². The van der Waals surface area contributed by atoms with Crippen LogP contribution in [0.25, 0.3) is 0 Å². The number of benzene rings is 2. The van der Waals surface area contributed by atoms with Crippen LogP contribution in [0, 0.1) is 0 Å². The first kappa shape index (κ1) is 85.2. The van der Waals surface area contributed by atoms with Crippen LogP contribution in [0.4, 0.5) is 9.59 Å². The van der Waals surface area contributed by atoms with Gasteiger partial charge in [-0.1, -0.05) is 0 Å². The van der Waals surface area contributed by atoms with Crippen molar-refractivity contribution in [2.45, 2.75) is 118 Å². The smallest absolute Gasteiger partial charge is 0.412 e. The van der Waals surface area contributed by atoms with Gasteiger partial charge in [-0.25, -0.2) is 9.59 Å². The summed E-state index contributed by atoms with van der Waals surface area (Å²) < 4.78 is 61.8. The largest absolute Gasteiger partial charge is 0.466 e. The summed E-state index contributed by atoms with van der Waals surface area (Å²) in [6.45, 7) is 15.1. The molecule has 4 atom stereocenters. The van der Waals surface area contributed by atoms with Crippen molar-refractivity contribution in [3.8, 4) is 11.5 Å². The van der Waals surface area contributed by atoms with Gasteiger partial charge in [-0.2, -0.15) is 0 Å². The molecule has 2 amide bonds. The lowest BCUT2D eigenvalue weighted by Gasteiger charge is -2.25. The molecule has 6 N–H and O–H groups in total. The number of nitrogens with zero attached hydrogens (tertiary/aromatic N) is 2. The molecule has 0 aliphatic carbocycles. The average molecular weight is 1390 g/mol. The SMILES string of the molecule is CCOC(=O)CC(NCCN(CCNC(CC(=O)OCC)C(=O)OCC)CCC(=O)OCCNC(=O)Oc1ccc(C(=O)c2ccc(OC(=O)NCCOC(=O)CCN(CCNC(CC(=O)OCC)C(=O)OCC)CCNC(CC(=O)OCC)C(=O)OCC)cc2)cc1)C(=O)OCC. The minimum absolute atomic E-state index is 0.0849. The van der Waals surface area contributed by atoms with E-state index in [0.717, 1.165) is 0 Å². The number of rotatable bonds is 52. The second-order valence-corrected chi connectivity index (χ2v) is 20.7. The second-order valence-electron chi connectivity index (χ2n) is 20.7. The van der Waals surface area contributed by atoms with Crippen LogP contribution in [0.15, 0.2) is 48.5 Å². The zero-order chi connectivity index (χ0) is 72.5. The molecule has 0 fully saturated rings. The molecule has 2 aromatic carbocycles. The standard InChI is InChI=1S/C65H98N8O25/c1-9-87-55(76)41-49(60(81)91-13-5)66-27-35-72(36-28-67-50(61(82)92-14-6)42-56(77)88-10-2)33-25-53(74)95-39-31-70-64(85)97-47-21-17-45(18-22-47)59(80)46-19-23-48(24-20-46)98-65(86)71-32-40-96-54(75)26-34-73(37-29-68-51(62(83)93-15-7)43-57(78)89-11-3)38-30-69-52(63(84)94-16-8)44-58(79)90-12-4/h17-24,49-52,66-69H,9-16,25-44H2,1-8H3,(H,70,85)(H,71,86). The van der Waals surface area contributed by atoms with E-state index in [1.54, 1.807) is 55.4 Å². The Labute approximate surface area is 570 Å². The number of ether oxygens (including phenoxy) is 12. The first-order valence-electron chi connectivity index (χ1n) is 32.8. The average Bonchev–Trinajstić information content (AvgIpc) is 0.880. The molecule has 0 spiro atoms. The van der Waals surface area contributed by atoms with E-state index in [4.69, 9.17) is 56.8 Å². The molecule has 0 bridgehead atoms. The van der Waals surface area contributed by atoms with Crippen LogP contribution in [0.2, 0.25) is 0 Å². The van der Waals surface area contributed by atoms with Gasteiger partial charge >= 0.3 is 71.9 Å². The molecule has 0 saturated heterocycles. The van der Waals surface area contributed by atoms with Crippen molar-refractivity contribution >= 4 is 77.7 Å². The number of amides is 2. The number of ketones is 1. The van der Waals surface area contributed by atoms with Crippen LogP contribution in [-0.2, 0) is 95.3 Å². The van der Waals surface area contributed by atoms with Gasteiger partial charge in [-0.05, 0) is 104 Å². The topological polar surface area (TPSA) is 411 Å². The molecule has 2 aromatic rings. The van der Waals surface area contributed by atoms with Crippen molar-refractivity contribution in [1.29, 1.82) is 0 Å². The van der Waals surface area contributed by atoms with Crippen molar-refractivity contribution in [3.05, 3.63) is 59.7 Å². The summed E-state index contributed by atoms with van der Waals surface area (Å²) in [5.74, 6) is -6.44. The van der Waals surface area contributed by atoms with E-state index in [1.165, 1.54) is 48.5 Å². The van der Waals surface area contributed by atoms with E-state index in [1.807, 2.05) is 9.80 Å². The maximum Gasteiger partial charge on any atom is 0.412 e. The van der Waals surface area contributed by atoms with Gasteiger partial charge in [0.15, 0.2) is 5.78 Å².